The van der Waals surface area contributed by atoms with Crippen molar-refractivity contribution >= 4 is 16.9 Å². The summed E-state index contributed by atoms with van der Waals surface area (Å²) in [6, 6.07) is 7.80. The Balaban J connectivity index is 1.50. The van der Waals surface area contributed by atoms with Crippen molar-refractivity contribution in [1.29, 1.82) is 0 Å². The van der Waals surface area contributed by atoms with Gasteiger partial charge in [-0.1, -0.05) is 25.0 Å². The van der Waals surface area contributed by atoms with Gasteiger partial charge in [-0.2, -0.15) is 5.10 Å². The fourth-order valence-corrected chi connectivity index (χ4v) is 5.01. The third-order valence-corrected chi connectivity index (χ3v) is 6.48. The monoisotopic (exact) mass is 393 g/mol. The molecule has 0 aliphatic heterocycles. The predicted molar refractivity (Wildman–Crippen MR) is 110 cm³/mol. The van der Waals surface area contributed by atoms with Crippen molar-refractivity contribution in [2.75, 3.05) is 7.11 Å². The molecule has 0 radical (unpaired) electrons. The van der Waals surface area contributed by atoms with Gasteiger partial charge >= 0.3 is 0 Å². The van der Waals surface area contributed by atoms with Crippen LogP contribution in [0.2, 0.25) is 0 Å². The molecule has 152 valence electrons. The number of fused-ring (bicyclic) bond motifs is 2. The minimum absolute atomic E-state index is 0.0486. The van der Waals surface area contributed by atoms with Gasteiger partial charge in [0, 0.05) is 24.2 Å². The van der Waals surface area contributed by atoms with Gasteiger partial charge in [0.1, 0.15) is 0 Å². The number of aryl methyl sites for hydroxylation is 1. The average Bonchev–Trinajstić information content (AvgIpc) is 3.50. The molecule has 1 fully saturated rings. The highest BCUT2D eigenvalue weighted by Crippen LogP contribution is 2.33. The Morgan fingerprint density at radius 3 is 2.90 bits per heavy atom. The first-order valence-corrected chi connectivity index (χ1v) is 10.6. The maximum atomic E-state index is 13.6. The molecule has 0 atom stereocenters. The molecule has 6 nitrogen and oxygen atoms in total. The van der Waals surface area contributed by atoms with Gasteiger partial charge in [-0.3, -0.25) is 9.48 Å². The van der Waals surface area contributed by atoms with E-state index in [1.54, 1.807) is 7.11 Å². The van der Waals surface area contributed by atoms with Crippen LogP contribution in [0, 0.1) is 0 Å². The summed E-state index contributed by atoms with van der Waals surface area (Å²) in [6.45, 7) is 0.556. The van der Waals surface area contributed by atoms with Gasteiger partial charge in [-0.15, -0.1) is 0 Å². The van der Waals surface area contributed by atoms with Crippen molar-refractivity contribution in [3.05, 3.63) is 47.0 Å². The van der Waals surface area contributed by atoms with E-state index in [4.69, 9.17) is 14.3 Å². The lowest BCUT2D eigenvalue weighted by molar-refractivity contribution is 0.0630. The molecular formula is C23H27N3O3. The van der Waals surface area contributed by atoms with Gasteiger partial charge < -0.3 is 14.1 Å². The van der Waals surface area contributed by atoms with Crippen LogP contribution in [0.1, 0.15) is 59.6 Å². The van der Waals surface area contributed by atoms with E-state index in [-0.39, 0.29) is 11.9 Å². The first kappa shape index (κ1) is 18.3. The Hall–Kier alpha value is -2.76. The molecule has 2 heterocycles. The van der Waals surface area contributed by atoms with Gasteiger partial charge in [0.2, 0.25) is 0 Å². The van der Waals surface area contributed by atoms with Crippen molar-refractivity contribution in [3.63, 3.8) is 0 Å². The van der Waals surface area contributed by atoms with Crippen LogP contribution in [-0.4, -0.2) is 33.7 Å². The van der Waals surface area contributed by atoms with Crippen molar-refractivity contribution in [1.82, 2.24) is 14.7 Å². The van der Waals surface area contributed by atoms with E-state index < -0.39 is 0 Å². The van der Waals surface area contributed by atoms with E-state index in [2.05, 4.69) is 0 Å². The third kappa shape index (κ3) is 3.11. The van der Waals surface area contributed by atoms with Crippen molar-refractivity contribution in [2.45, 2.75) is 57.5 Å². The molecule has 29 heavy (non-hydrogen) atoms. The van der Waals surface area contributed by atoms with E-state index >= 15 is 0 Å². The van der Waals surface area contributed by atoms with E-state index in [0.29, 0.717) is 23.6 Å². The molecule has 2 aliphatic carbocycles. The maximum Gasteiger partial charge on any atom is 0.290 e. The summed E-state index contributed by atoms with van der Waals surface area (Å²) >= 11 is 0. The smallest absolute Gasteiger partial charge is 0.290 e. The average molecular weight is 393 g/mol. The first-order valence-electron chi connectivity index (χ1n) is 10.6. The lowest BCUT2D eigenvalue weighted by Gasteiger charge is -2.28. The topological polar surface area (TPSA) is 60.5 Å². The molecule has 0 saturated heterocycles. The van der Waals surface area contributed by atoms with Crippen LogP contribution in [-0.2, 0) is 26.4 Å². The fourth-order valence-electron chi connectivity index (χ4n) is 5.01. The molecule has 0 bridgehead atoms. The van der Waals surface area contributed by atoms with Gasteiger partial charge in [0.15, 0.2) is 17.1 Å². The SMILES string of the molecule is COc1cccc2cc(C(=O)N(Cc3nn(C)c4c3CCC4)C3CCCC3)oc12. The summed E-state index contributed by atoms with van der Waals surface area (Å²) in [5, 5.41) is 5.65. The van der Waals surface area contributed by atoms with Crippen LogP contribution in [0.5, 0.6) is 5.75 Å². The number of carbonyl (C=O) groups excluding carboxylic acids is 1. The lowest BCUT2D eigenvalue weighted by atomic mass is 10.1. The molecule has 1 saturated carbocycles. The molecule has 2 aliphatic rings. The Labute approximate surface area is 170 Å². The number of nitrogens with zero attached hydrogens (tertiary/aromatic N) is 3. The summed E-state index contributed by atoms with van der Waals surface area (Å²) < 4.78 is 13.4. The van der Waals surface area contributed by atoms with Crippen LogP contribution in [0.4, 0.5) is 0 Å². The third-order valence-electron chi connectivity index (χ3n) is 6.48. The number of hydrogen-bond acceptors (Lipinski definition) is 4. The molecule has 1 amide bonds. The van der Waals surface area contributed by atoms with E-state index in [1.165, 1.54) is 30.5 Å². The molecule has 1 aromatic carbocycles. The molecular weight excluding hydrogens is 366 g/mol. The summed E-state index contributed by atoms with van der Waals surface area (Å²) in [5.41, 5.74) is 4.35. The number of carbonyl (C=O) groups is 1. The molecule has 0 N–H and O–H groups in total. The number of benzene rings is 1. The summed E-state index contributed by atoms with van der Waals surface area (Å²) in [4.78, 5) is 15.6. The number of rotatable bonds is 5. The molecule has 3 aromatic rings. The number of para-hydroxylation sites is 1. The summed E-state index contributed by atoms with van der Waals surface area (Å²) in [7, 11) is 3.63. The predicted octanol–water partition coefficient (Wildman–Crippen LogP) is 4.25. The Morgan fingerprint density at radius 1 is 1.28 bits per heavy atom. The highest BCUT2D eigenvalue weighted by atomic mass is 16.5. The van der Waals surface area contributed by atoms with Crippen LogP contribution < -0.4 is 4.74 Å². The zero-order valence-corrected chi connectivity index (χ0v) is 17.1. The second-order valence-electron chi connectivity index (χ2n) is 8.21. The number of amides is 1. The van der Waals surface area contributed by atoms with Crippen molar-refractivity contribution in [2.24, 2.45) is 7.05 Å². The van der Waals surface area contributed by atoms with Crippen LogP contribution >= 0.6 is 0 Å². The minimum atomic E-state index is -0.0486. The number of aromatic nitrogens is 2. The number of ether oxygens (including phenoxy) is 1. The lowest BCUT2D eigenvalue weighted by Crippen LogP contribution is -2.38. The molecule has 5 rings (SSSR count). The standard InChI is InChI=1S/C23H27N3O3/c1-25-19-11-6-10-17(19)18(24-25)14-26(16-8-3-4-9-16)23(27)21-13-15-7-5-12-20(28-2)22(15)29-21/h5,7,12-13,16H,3-4,6,8-11,14H2,1-2H3. The van der Waals surface area contributed by atoms with Gasteiger partial charge in [0.25, 0.3) is 5.91 Å². The first-order chi connectivity index (χ1) is 14.2. The van der Waals surface area contributed by atoms with Gasteiger partial charge in [-0.05, 0) is 49.8 Å². The zero-order valence-electron chi connectivity index (χ0n) is 17.1. The highest BCUT2D eigenvalue weighted by Gasteiger charge is 2.32. The second kappa shape index (κ2) is 7.25. The van der Waals surface area contributed by atoms with Gasteiger partial charge in [-0.25, -0.2) is 0 Å². The number of furan rings is 1. The highest BCUT2D eigenvalue weighted by molar-refractivity contribution is 5.97. The molecule has 6 heteroatoms. The Bertz CT molecular complexity index is 1060. The van der Waals surface area contributed by atoms with Gasteiger partial charge in [0.05, 0.1) is 19.3 Å². The second-order valence-corrected chi connectivity index (χ2v) is 8.21. The Kier molecular flexibility index (Phi) is 4.57. The Morgan fingerprint density at radius 2 is 2.10 bits per heavy atom. The maximum absolute atomic E-state index is 13.6. The quantitative estimate of drug-likeness (QED) is 0.650. The minimum Gasteiger partial charge on any atom is -0.493 e. The molecule has 0 spiro atoms. The van der Waals surface area contributed by atoms with Crippen molar-refractivity contribution in [3.8, 4) is 5.75 Å². The molecule has 2 aromatic heterocycles. The molecule has 0 unspecified atom stereocenters. The summed E-state index contributed by atoms with van der Waals surface area (Å²) in [5.74, 6) is 0.980. The van der Waals surface area contributed by atoms with E-state index in [0.717, 1.165) is 36.8 Å². The van der Waals surface area contributed by atoms with Crippen LogP contribution in [0.15, 0.2) is 28.7 Å². The number of hydrogen-bond donors (Lipinski definition) is 0. The van der Waals surface area contributed by atoms with Crippen molar-refractivity contribution < 1.29 is 13.9 Å². The normalized spacial score (nSPS) is 16.5. The zero-order chi connectivity index (χ0) is 20.0. The van der Waals surface area contributed by atoms with E-state index in [1.807, 2.05) is 40.9 Å². The van der Waals surface area contributed by atoms with Crippen LogP contribution in [0.3, 0.4) is 0 Å². The largest absolute Gasteiger partial charge is 0.493 e. The number of methoxy groups -OCH3 is 1. The summed E-state index contributed by atoms with van der Waals surface area (Å²) in [6.07, 6.45) is 7.75. The van der Waals surface area contributed by atoms with Crippen LogP contribution in [0.25, 0.3) is 11.0 Å². The fraction of sp³-hybridized carbons (Fsp3) is 0.478. The van der Waals surface area contributed by atoms with E-state index in [9.17, 15) is 4.79 Å².